The summed E-state index contributed by atoms with van der Waals surface area (Å²) in [6, 6.07) is 16.5. The summed E-state index contributed by atoms with van der Waals surface area (Å²) < 4.78 is 6.41. The first kappa shape index (κ1) is 17.5. The molecular formula is C20H24N2O3. The summed E-state index contributed by atoms with van der Waals surface area (Å²) in [5.74, 6) is 0.745. The standard InChI is InChI=1S/C20H24N2O3/c1-4-18-19(15-9-7-6-8-10-15)22(24)20(3,21(18)23)16-11-13-17(14-12-16)25-5-2/h6-14,18,23H,4-5H2,1-3H3/t18-,20-/m1/s1. The Kier molecular flexibility index (Phi) is 4.79. The highest BCUT2D eigenvalue weighted by Gasteiger charge is 2.55. The molecule has 0 aromatic heterocycles. The molecule has 0 bridgehead atoms. The van der Waals surface area contributed by atoms with Gasteiger partial charge in [-0.3, -0.25) is 0 Å². The highest BCUT2D eigenvalue weighted by atomic mass is 16.6. The third-order valence-electron chi connectivity index (χ3n) is 4.84. The fourth-order valence-corrected chi connectivity index (χ4v) is 3.45. The van der Waals surface area contributed by atoms with Gasteiger partial charge in [0.15, 0.2) is 0 Å². The van der Waals surface area contributed by atoms with E-state index in [0.29, 0.717) is 18.7 Å². The molecule has 0 aliphatic carbocycles. The van der Waals surface area contributed by atoms with Gasteiger partial charge in [-0.2, -0.15) is 4.74 Å². The van der Waals surface area contributed by atoms with Crippen LogP contribution in [0.5, 0.6) is 5.75 Å². The van der Waals surface area contributed by atoms with Crippen LogP contribution in [0.1, 0.15) is 38.3 Å². The molecule has 5 heteroatoms. The lowest BCUT2D eigenvalue weighted by molar-refractivity contribution is -0.595. The van der Waals surface area contributed by atoms with Gasteiger partial charge in [0, 0.05) is 18.1 Å². The Morgan fingerprint density at radius 2 is 1.76 bits per heavy atom. The molecule has 5 nitrogen and oxygen atoms in total. The molecule has 1 N–H and O–H groups in total. The average molecular weight is 340 g/mol. The van der Waals surface area contributed by atoms with Crippen molar-refractivity contribution in [1.29, 1.82) is 0 Å². The molecule has 0 amide bonds. The van der Waals surface area contributed by atoms with E-state index in [0.717, 1.165) is 21.6 Å². The highest BCUT2D eigenvalue weighted by Crippen LogP contribution is 2.37. The second-order valence-corrected chi connectivity index (χ2v) is 6.29. The zero-order chi connectivity index (χ0) is 18.0. The zero-order valence-electron chi connectivity index (χ0n) is 14.8. The molecule has 1 aliphatic heterocycles. The van der Waals surface area contributed by atoms with Gasteiger partial charge in [0.2, 0.25) is 5.71 Å². The maximum absolute atomic E-state index is 13.3. The van der Waals surface area contributed by atoms with E-state index < -0.39 is 5.66 Å². The van der Waals surface area contributed by atoms with Crippen molar-refractivity contribution in [2.24, 2.45) is 0 Å². The molecule has 1 aliphatic rings. The molecule has 0 saturated heterocycles. The predicted octanol–water partition coefficient (Wildman–Crippen LogP) is 3.74. The van der Waals surface area contributed by atoms with Crippen LogP contribution in [0.2, 0.25) is 0 Å². The fourth-order valence-electron chi connectivity index (χ4n) is 3.45. The van der Waals surface area contributed by atoms with Gasteiger partial charge >= 0.3 is 0 Å². The number of hydroxylamine groups is 3. The van der Waals surface area contributed by atoms with Gasteiger partial charge in [0.1, 0.15) is 11.8 Å². The smallest absolute Gasteiger partial charge is 0.274 e. The number of ether oxygens (including phenoxy) is 1. The van der Waals surface area contributed by atoms with E-state index >= 15 is 0 Å². The summed E-state index contributed by atoms with van der Waals surface area (Å²) in [4.78, 5) is 0. The highest BCUT2D eigenvalue weighted by molar-refractivity contribution is 6.01. The van der Waals surface area contributed by atoms with Crippen LogP contribution >= 0.6 is 0 Å². The van der Waals surface area contributed by atoms with Crippen LogP contribution in [-0.4, -0.2) is 33.4 Å². The van der Waals surface area contributed by atoms with Crippen molar-refractivity contribution in [3.8, 4) is 5.75 Å². The second-order valence-electron chi connectivity index (χ2n) is 6.29. The van der Waals surface area contributed by atoms with E-state index in [2.05, 4.69) is 0 Å². The minimum absolute atomic E-state index is 0.364. The largest absolute Gasteiger partial charge is 0.622 e. The molecule has 0 fully saturated rings. The molecule has 0 unspecified atom stereocenters. The van der Waals surface area contributed by atoms with E-state index in [9.17, 15) is 10.4 Å². The molecule has 25 heavy (non-hydrogen) atoms. The maximum atomic E-state index is 13.3. The van der Waals surface area contributed by atoms with Crippen LogP contribution in [0.3, 0.4) is 0 Å². The van der Waals surface area contributed by atoms with Gasteiger partial charge in [-0.1, -0.05) is 25.1 Å². The Morgan fingerprint density at radius 1 is 1.12 bits per heavy atom. The first-order chi connectivity index (χ1) is 12.0. The molecule has 2 atom stereocenters. The lowest BCUT2D eigenvalue weighted by Gasteiger charge is -2.30. The fraction of sp³-hybridized carbons (Fsp3) is 0.350. The molecule has 1 heterocycles. The van der Waals surface area contributed by atoms with Crippen molar-refractivity contribution >= 4 is 5.71 Å². The molecular weight excluding hydrogens is 316 g/mol. The number of benzene rings is 2. The summed E-state index contributed by atoms with van der Waals surface area (Å²) in [6.45, 7) is 6.22. The van der Waals surface area contributed by atoms with E-state index in [-0.39, 0.29) is 6.04 Å². The van der Waals surface area contributed by atoms with Crippen LogP contribution in [0.4, 0.5) is 0 Å². The summed E-state index contributed by atoms with van der Waals surface area (Å²) in [6.07, 6.45) is 0.631. The molecule has 3 rings (SSSR count). The van der Waals surface area contributed by atoms with Gasteiger partial charge in [-0.25, -0.2) is 0 Å². The number of rotatable bonds is 5. The van der Waals surface area contributed by atoms with Crippen LogP contribution < -0.4 is 4.74 Å². The minimum atomic E-state index is -1.18. The van der Waals surface area contributed by atoms with E-state index in [1.807, 2.05) is 68.4 Å². The Labute approximate surface area is 148 Å². The van der Waals surface area contributed by atoms with E-state index in [4.69, 9.17) is 4.74 Å². The third kappa shape index (κ3) is 2.79. The Bertz CT molecular complexity index is 758. The number of hydrogen-bond acceptors (Lipinski definition) is 4. The molecule has 0 saturated carbocycles. The minimum Gasteiger partial charge on any atom is -0.622 e. The van der Waals surface area contributed by atoms with Crippen molar-refractivity contribution in [1.82, 2.24) is 5.06 Å². The van der Waals surface area contributed by atoms with Crippen LogP contribution in [0, 0.1) is 5.21 Å². The topological polar surface area (TPSA) is 58.8 Å². The summed E-state index contributed by atoms with van der Waals surface area (Å²) in [5, 5.41) is 25.3. The molecule has 132 valence electrons. The van der Waals surface area contributed by atoms with Crippen LogP contribution in [-0.2, 0) is 5.66 Å². The van der Waals surface area contributed by atoms with Gasteiger partial charge in [-0.05, 0) is 49.7 Å². The molecule has 0 radical (unpaired) electrons. The lowest BCUT2D eigenvalue weighted by Crippen LogP contribution is -2.46. The van der Waals surface area contributed by atoms with Crippen LogP contribution in [0.25, 0.3) is 0 Å². The van der Waals surface area contributed by atoms with Gasteiger partial charge in [0.05, 0.1) is 6.61 Å². The van der Waals surface area contributed by atoms with Gasteiger partial charge < -0.3 is 15.2 Å². The predicted molar refractivity (Wildman–Crippen MR) is 96.8 cm³/mol. The summed E-state index contributed by atoms with van der Waals surface area (Å²) in [7, 11) is 0. The van der Waals surface area contributed by atoms with E-state index in [1.165, 1.54) is 5.06 Å². The normalized spacial score (nSPS) is 23.9. The van der Waals surface area contributed by atoms with Gasteiger partial charge in [0.25, 0.3) is 5.66 Å². The summed E-state index contributed by atoms with van der Waals surface area (Å²) >= 11 is 0. The average Bonchev–Trinajstić information content (AvgIpc) is 2.84. The van der Waals surface area contributed by atoms with Crippen molar-refractivity contribution in [3.05, 3.63) is 70.9 Å². The quantitative estimate of drug-likeness (QED) is 0.665. The third-order valence-corrected chi connectivity index (χ3v) is 4.84. The van der Waals surface area contributed by atoms with Crippen molar-refractivity contribution < 1.29 is 14.7 Å². The second kappa shape index (κ2) is 6.86. The van der Waals surface area contributed by atoms with Crippen molar-refractivity contribution in [2.45, 2.75) is 38.9 Å². The van der Waals surface area contributed by atoms with E-state index in [1.54, 1.807) is 6.92 Å². The van der Waals surface area contributed by atoms with Crippen molar-refractivity contribution in [3.63, 3.8) is 0 Å². The Morgan fingerprint density at radius 3 is 2.32 bits per heavy atom. The SMILES string of the molecule is CCOc1ccc([C@]2(C)N(O)[C@H](CC)C(c3ccccc3)=[N+]2[O-])cc1. The zero-order valence-corrected chi connectivity index (χ0v) is 14.8. The first-order valence-corrected chi connectivity index (χ1v) is 8.65. The monoisotopic (exact) mass is 340 g/mol. The van der Waals surface area contributed by atoms with Gasteiger partial charge in [-0.15, -0.1) is 5.06 Å². The van der Waals surface area contributed by atoms with Crippen LogP contribution in [0.15, 0.2) is 54.6 Å². The lowest BCUT2D eigenvalue weighted by atomic mass is 10.0. The number of hydrogen-bond donors (Lipinski definition) is 1. The Balaban J connectivity index is 2.09. The Hall–Kier alpha value is -2.37. The first-order valence-electron chi connectivity index (χ1n) is 8.65. The molecule has 2 aromatic rings. The molecule has 0 spiro atoms. The summed E-state index contributed by atoms with van der Waals surface area (Å²) in [5.41, 5.74) is 0.953. The van der Waals surface area contributed by atoms with Crippen molar-refractivity contribution in [2.75, 3.05) is 6.61 Å². The maximum Gasteiger partial charge on any atom is 0.274 e. The molecule has 2 aromatic carbocycles. The number of nitrogens with zero attached hydrogens (tertiary/aromatic N) is 2.